The molecule has 106 valence electrons. The highest BCUT2D eigenvalue weighted by Crippen LogP contribution is 2.10. The third kappa shape index (κ3) is 3.63. The minimum absolute atomic E-state index is 0.0689. The standard InChI is InChI=1S/C7H6N2.C7H5NO4/c1-2-4-7-6(3-1)8-5-9-7;9-7(10)5-1-3-6(4-2-5)8(11)12/h1-5H,(H,8,9);1-4H,(H,9,10). The number of nitrogens with zero attached hydrogens (tertiary/aromatic N) is 1. The number of hydrogen-bond acceptors (Lipinski definition) is 4. The highest BCUT2D eigenvalue weighted by molar-refractivity contribution is 5.85. The van der Waals surface area contributed by atoms with E-state index in [0.717, 1.165) is 35.3 Å². The summed E-state index contributed by atoms with van der Waals surface area (Å²) < 4.78 is 0. The summed E-state index contributed by atoms with van der Waals surface area (Å²) in [5, 5.41) is 20.3. The molecule has 0 unspecified atom stereocenters. The molecule has 21 heavy (non-hydrogen) atoms. The number of nitro groups is 1. The SMILES string of the molecule is O=C([O-])c1ccc([N+](=O)[O-])cc1.c1ccc2[nH+]c[nH]c2c1. The number of carbonyl (C=O) groups is 1. The fraction of sp³-hybridized carbons (Fsp3) is 0. The second-order valence-electron chi connectivity index (χ2n) is 4.07. The predicted molar refractivity (Wildman–Crippen MR) is 72.3 cm³/mol. The Bertz CT molecular complexity index is 702. The zero-order chi connectivity index (χ0) is 15.2. The van der Waals surface area contributed by atoms with Gasteiger partial charge in [0.2, 0.25) is 6.33 Å². The van der Waals surface area contributed by atoms with E-state index in [1.54, 1.807) is 0 Å². The van der Waals surface area contributed by atoms with Crippen molar-refractivity contribution in [1.82, 2.24) is 4.98 Å². The molecular formula is C14H11N3O4. The number of H-pyrrole nitrogens is 2. The van der Waals surface area contributed by atoms with Gasteiger partial charge in [-0.25, -0.2) is 9.97 Å². The van der Waals surface area contributed by atoms with Crippen LogP contribution in [0.5, 0.6) is 0 Å². The van der Waals surface area contributed by atoms with Crippen LogP contribution >= 0.6 is 0 Å². The number of nitro benzene ring substituents is 1. The van der Waals surface area contributed by atoms with Gasteiger partial charge in [-0.15, -0.1) is 0 Å². The van der Waals surface area contributed by atoms with Gasteiger partial charge >= 0.3 is 0 Å². The molecule has 2 aromatic carbocycles. The van der Waals surface area contributed by atoms with Crippen LogP contribution in [0.15, 0.2) is 54.9 Å². The van der Waals surface area contributed by atoms with Crippen LogP contribution in [0.3, 0.4) is 0 Å². The zero-order valence-corrected chi connectivity index (χ0v) is 10.8. The van der Waals surface area contributed by atoms with Gasteiger partial charge in [0.25, 0.3) is 5.69 Å². The van der Waals surface area contributed by atoms with Crippen molar-refractivity contribution in [3.63, 3.8) is 0 Å². The number of benzene rings is 2. The molecule has 3 rings (SSSR count). The van der Waals surface area contributed by atoms with Crippen molar-refractivity contribution in [2.75, 3.05) is 0 Å². The van der Waals surface area contributed by atoms with E-state index in [1.165, 1.54) is 0 Å². The van der Waals surface area contributed by atoms with Crippen molar-refractivity contribution < 1.29 is 19.8 Å². The van der Waals surface area contributed by atoms with Crippen molar-refractivity contribution in [3.05, 3.63) is 70.5 Å². The van der Waals surface area contributed by atoms with Crippen LogP contribution in [0.1, 0.15) is 10.4 Å². The number of aromatic nitrogens is 2. The summed E-state index contributed by atoms with van der Waals surface area (Å²) in [5.41, 5.74) is 2.09. The molecule has 7 nitrogen and oxygen atoms in total. The molecule has 3 aromatic rings. The number of carbonyl (C=O) groups excluding carboxylic acids is 1. The van der Waals surface area contributed by atoms with Gasteiger partial charge in [-0.2, -0.15) is 0 Å². The minimum Gasteiger partial charge on any atom is -0.545 e. The lowest BCUT2D eigenvalue weighted by Crippen LogP contribution is -2.21. The van der Waals surface area contributed by atoms with Crippen LogP contribution in [-0.2, 0) is 0 Å². The van der Waals surface area contributed by atoms with Crippen LogP contribution < -0.4 is 10.1 Å². The second kappa shape index (κ2) is 6.29. The van der Waals surface area contributed by atoms with Crippen molar-refractivity contribution in [2.24, 2.45) is 0 Å². The van der Waals surface area contributed by atoms with E-state index in [-0.39, 0.29) is 11.3 Å². The molecule has 0 radical (unpaired) electrons. The normalized spacial score (nSPS) is 9.71. The van der Waals surface area contributed by atoms with Gasteiger partial charge in [0, 0.05) is 12.1 Å². The van der Waals surface area contributed by atoms with Crippen molar-refractivity contribution in [3.8, 4) is 0 Å². The highest BCUT2D eigenvalue weighted by atomic mass is 16.6. The fourth-order valence-electron chi connectivity index (χ4n) is 1.65. The van der Waals surface area contributed by atoms with Gasteiger partial charge in [0.1, 0.15) is 0 Å². The summed E-state index contributed by atoms with van der Waals surface area (Å²) in [6.45, 7) is 0. The number of non-ortho nitro benzene ring substituents is 1. The average Bonchev–Trinajstić information content (AvgIpc) is 2.96. The van der Waals surface area contributed by atoms with E-state index in [2.05, 4.69) is 9.97 Å². The zero-order valence-electron chi connectivity index (χ0n) is 10.8. The Hall–Kier alpha value is -3.22. The quantitative estimate of drug-likeness (QED) is 0.557. The molecule has 1 aromatic heterocycles. The molecule has 0 fully saturated rings. The van der Waals surface area contributed by atoms with Gasteiger partial charge in [0.05, 0.1) is 10.9 Å². The Morgan fingerprint density at radius 2 is 1.76 bits per heavy atom. The van der Waals surface area contributed by atoms with Crippen LogP contribution in [0.2, 0.25) is 0 Å². The maximum atomic E-state index is 10.2. The van der Waals surface area contributed by atoms with E-state index in [9.17, 15) is 20.0 Å². The Balaban J connectivity index is 0.000000159. The summed E-state index contributed by atoms with van der Waals surface area (Å²) in [6.07, 6.45) is 1.82. The Labute approximate surface area is 119 Å². The summed E-state index contributed by atoms with van der Waals surface area (Å²) in [7, 11) is 0. The number of nitrogens with one attached hydrogen (secondary N) is 2. The number of aromatic amines is 2. The van der Waals surface area contributed by atoms with E-state index in [4.69, 9.17) is 0 Å². The summed E-state index contributed by atoms with van der Waals surface area (Å²) >= 11 is 0. The molecule has 1 heterocycles. The average molecular weight is 285 g/mol. The molecule has 0 spiro atoms. The first-order valence-corrected chi connectivity index (χ1v) is 5.97. The third-order valence-electron chi connectivity index (χ3n) is 2.70. The number of para-hydroxylation sites is 2. The molecule has 0 bridgehead atoms. The summed E-state index contributed by atoms with van der Waals surface area (Å²) in [5.74, 6) is -1.34. The molecule has 0 aliphatic carbocycles. The fourth-order valence-corrected chi connectivity index (χ4v) is 1.65. The van der Waals surface area contributed by atoms with Crippen molar-refractivity contribution >= 4 is 22.7 Å². The monoisotopic (exact) mass is 285 g/mol. The molecule has 7 heteroatoms. The predicted octanol–water partition coefficient (Wildman–Crippen LogP) is 0.940. The molecule has 2 N–H and O–H groups in total. The number of hydrogen-bond donors (Lipinski definition) is 1. The highest BCUT2D eigenvalue weighted by Gasteiger charge is 2.03. The molecule has 0 saturated heterocycles. The Morgan fingerprint density at radius 3 is 2.33 bits per heavy atom. The van der Waals surface area contributed by atoms with Crippen molar-refractivity contribution in [1.29, 1.82) is 0 Å². The van der Waals surface area contributed by atoms with Crippen molar-refractivity contribution in [2.45, 2.75) is 0 Å². The number of aromatic carboxylic acids is 1. The van der Waals surface area contributed by atoms with Gasteiger partial charge in [-0.3, -0.25) is 10.1 Å². The lowest BCUT2D eigenvalue weighted by molar-refractivity contribution is -0.384. The third-order valence-corrected chi connectivity index (χ3v) is 2.70. The minimum atomic E-state index is -1.34. The molecule has 0 amide bonds. The molecule has 0 atom stereocenters. The van der Waals surface area contributed by atoms with Gasteiger partial charge in [0.15, 0.2) is 11.0 Å². The van der Waals surface area contributed by atoms with Gasteiger partial charge < -0.3 is 9.90 Å². The maximum absolute atomic E-state index is 10.2. The van der Waals surface area contributed by atoms with Gasteiger partial charge in [-0.05, 0) is 29.8 Å². The van der Waals surface area contributed by atoms with Gasteiger partial charge in [-0.1, -0.05) is 12.1 Å². The Kier molecular flexibility index (Phi) is 4.25. The molecule has 0 saturated carbocycles. The van der Waals surface area contributed by atoms with E-state index in [1.807, 2.05) is 30.6 Å². The summed E-state index contributed by atoms with van der Waals surface area (Å²) in [4.78, 5) is 25.9. The lowest BCUT2D eigenvalue weighted by Gasteiger charge is -1.99. The number of carboxylic acids is 1. The van der Waals surface area contributed by atoms with E-state index in [0.29, 0.717) is 0 Å². The molecule has 0 aliphatic heterocycles. The van der Waals surface area contributed by atoms with Crippen LogP contribution in [0.25, 0.3) is 11.0 Å². The topological polar surface area (TPSA) is 113 Å². The van der Waals surface area contributed by atoms with E-state index >= 15 is 0 Å². The largest absolute Gasteiger partial charge is 0.545 e. The Morgan fingerprint density at radius 1 is 1.10 bits per heavy atom. The number of imidazole rings is 1. The van der Waals surface area contributed by atoms with Crippen LogP contribution in [0.4, 0.5) is 5.69 Å². The first-order chi connectivity index (χ1) is 10.1. The first-order valence-electron chi connectivity index (χ1n) is 5.97. The number of rotatable bonds is 2. The van der Waals surface area contributed by atoms with Crippen LogP contribution in [0, 0.1) is 10.1 Å². The lowest BCUT2D eigenvalue weighted by atomic mass is 10.2. The van der Waals surface area contributed by atoms with E-state index < -0.39 is 10.9 Å². The first kappa shape index (κ1) is 14.2. The smallest absolute Gasteiger partial charge is 0.269 e. The van der Waals surface area contributed by atoms with Crippen LogP contribution in [-0.4, -0.2) is 15.9 Å². The second-order valence-corrected chi connectivity index (χ2v) is 4.07. The number of fused-ring (bicyclic) bond motifs is 1. The maximum Gasteiger partial charge on any atom is 0.269 e. The number of carboxylic acid groups (broad SMARTS) is 1. The molecular weight excluding hydrogens is 274 g/mol. The molecule has 0 aliphatic rings. The summed E-state index contributed by atoms with van der Waals surface area (Å²) in [6, 6.07) is 12.6.